The average Bonchev–Trinajstić information content (AvgIpc) is 2.03. The van der Waals surface area contributed by atoms with Gasteiger partial charge in [0.15, 0.2) is 0 Å². The first-order chi connectivity index (χ1) is 5.61. The Labute approximate surface area is 83.2 Å². The Kier molecular flexibility index (Phi) is 5.81. The maximum Gasteiger partial charge on any atom is 0.0407 e. The molecule has 0 amide bonds. The van der Waals surface area contributed by atoms with E-state index >= 15 is 0 Å². The van der Waals surface area contributed by atoms with Crippen LogP contribution in [0.4, 0.5) is 0 Å². The van der Waals surface area contributed by atoms with Crippen LogP contribution in [0.1, 0.15) is 13.8 Å². The standard InChI is InChI=1S/C10H16BrN/c1-4-6-9(12)7-10(11)8(3)5-2/h4-8,10H,2,12H2,1,3H3/b6-4-,9-7+/t8?,10-/m1/s1. The van der Waals surface area contributed by atoms with E-state index in [0.29, 0.717) is 5.92 Å². The molecule has 2 atom stereocenters. The van der Waals surface area contributed by atoms with Gasteiger partial charge in [-0.25, -0.2) is 0 Å². The quantitative estimate of drug-likeness (QED) is 0.448. The van der Waals surface area contributed by atoms with Crippen molar-refractivity contribution >= 4 is 15.9 Å². The number of allylic oxidation sites excluding steroid dienone is 4. The fraction of sp³-hybridized carbons (Fsp3) is 0.400. The smallest absolute Gasteiger partial charge is 0.0407 e. The topological polar surface area (TPSA) is 26.0 Å². The Morgan fingerprint density at radius 2 is 2.17 bits per heavy atom. The van der Waals surface area contributed by atoms with Crippen LogP contribution in [0.3, 0.4) is 0 Å². The Morgan fingerprint density at radius 3 is 2.58 bits per heavy atom. The first-order valence-electron chi connectivity index (χ1n) is 3.98. The van der Waals surface area contributed by atoms with Crippen LogP contribution in [-0.4, -0.2) is 4.83 Å². The fourth-order valence-corrected chi connectivity index (χ4v) is 1.23. The molecule has 0 bridgehead atoms. The van der Waals surface area contributed by atoms with Crippen LogP contribution in [-0.2, 0) is 0 Å². The highest BCUT2D eigenvalue weighted by Gasteiger charge is 2.06. The first kappa shape index (κ1) is 11.5. The molecule has 2 N–H and O–H groups in total. The molecule has 0 aliphatic carbocycles. The second-order valence-electron chi connectivity index (χ2n) is 2.71. The second-order valence-corrected chi connectivity index (χ2v) is 3.76. The summed E-state index contributed by atoms with van der Waals surface area (Å²) in [5, 5.41) is 0. The Hall–Kier alpha value is -0.500. The molecule has 0 aliphatic heterocycles. The van der Waals surface area contributed by atoms with Gasteiger partial charge in [-0.2, -0.15) is 0 Å². The van der Waals surface area contributed by atoms with Crippen LogP contribution in [0, 0.1) is 5.92 Å². The van der Waals surface area contributed by atoms with Gasteiger partial charge in [0.05, 0.1) is 0 Å². The van der Waals surface area contributed by atoms with Crippen molar-refractivity contribution in [2.45, 2.75) is 18.7 Å². The van der Waals surface area contributed by atoms with Crippen LogP contribution in [0.5, 0.6) is 0 Å². The van der Waals surface area contributed by atoms with Crippen LogP contribution in [0.15, 0.2) is 36.6 Å². The summed E-state index contributed by atoms with van der Waals surface area (Å²) in [5.74, 6) is 0.397. The Bertz CT molecular complexity index is 194. The van der Waals surface area contributed by atoms with Crippen molar-refractivity contribution in [3.63, 3.8) is 0 Å². The Morgan fingerprint density at radius 1 is 1.58 bits per heavy atom. The number of hydrogen-bond donors (Lipinski definition) is 1. The maximum atomic E-state index is 5.69. The van der Waals surface area contributed by atoms with Gasteiger partial charge in [-0.05, 0) is 25.0 Å². The van der Waals surface area contributed by atoms with Gasteiger partial charge in [-0.15, -0.1) is 6.58 Å². The number of nitrogens with two attached hydrogens (primary N) is 1. The van der Waals surface area contributed by atoms with E-state index in [9.17, 15) is 0 Å². The van der Waals surface area contributed by atoms with Crippen molar-refractivity contribution in [3.8, 4) is 0 Å². The summed E-state index contributed by atoms with van der Waals surface area (Å²) in [4.78, 5) is 0.270. The highest BCUT2D eigenvalue weighted by Crippen LogP contribution is 2.15. The first-order valence-corrected chi connectivity index (χ1v) is 4.90. The predicted octanol–water partition coefficient (Wildman–Crippen LogP) is 2.99. The van der Waals surface area contributed by atoms with E-state index in [1.807, 2.05) is 31.2 Å². The normalized spacial score (nSPS) is 17.8. The van der Waals surface area contributed by atoms with Gasteiger partial charge in [-0.3, -0.25) is 0 Å². The predicted molar refractivity (Wildman–Crippen MR) is 59.2 cm³/mol. The molecule has 1 unspecified atom stereocenters. The molecule has 0 saturated heterocycles. The lowest BCUT2D eigenvalue weighted by molar-refractivity contribution is 0.769. The molecule has 0 aromatic rings. The molecule has 0 radical (unpaired) electrons. The molecule has 0 spiro atoms. The molecule has 0 aromatic carbocycles. The van der Waals surface area contributed by atoms with Crippen LogP contribution in [0.2, 0.25) is 0 Å². The van der Waals surface area contributed by atoms with Gasteiger partial charge in [0, 0.05) is 10.5 Å². The maximum absolute atomic E-state index is 5.69. The van der Waals surface area contributed by atoms with Gasteiger partial charge in [0.2, 0.25) is 0 Å². The molecule has 0 heterocycles. The minimum Gasteiger partial charge on any atom is -0.399 e. The van der Waals surface area contributed by atoms with Gasteiger partial charge in [0.25, 0.3) is 0 Å². The monoisotopic (exact) mass is 229 g/mol. The lowest BCUT2D eigenvalue weighted by atomic mass is 10.1. The second kappa shape index (κ2) is 6.06. The molecule has 68 valence electrons. The highest BCUT2D eigenvalue weighted by molar-refractivity contribution is 9.09. The van der Waals surface area contributed by atoms with Gasteiger partial charge >= 0.3 is 0 Å². The summed E-state index contributed by atoms with van der Waals surface area (Å²) < 4.78 is 0. The number of hydrogen-bond acceptors (Lipinski definition) is 1. The van der Waals surface area contributed by atoms with Gasteiger partial charge in [-0.1, -0.05) is 35.0 Å². The minimum absolute atomic E-state index is 0.270. The van der Waals surface area contributed by atoms with Crippen molar-refractivity contribution in [2.75, 3.05) is 0 Å². The SMILES string of the molecule is C=CC(C)[C@H](Br)/C=C(N)\C=C/C. The zero-order valence-corrected chi connectivity index (χ0v) is 9.21. The molecule has 0 aliphatic rings. The molecule has 0 aromatic heterocycles. The third-order valence-electron chi connectivity index (χ3n) is 1.58. The molecule has 0 fully saturated rings. The van der Waals surface area contributed by atoms with Crippen LogP contribution >= 0.6 is 15.9 Å². The summed E-state index contributed by atoms with van der Waals surface area (Å²) in [5.41, 5.74) is 6.47. The van der Waals surface area contributed by atoms with E-state index in [-0.39, 0.29) is 4.83 Å². The summed E-state index contributed by atoms with van der Waals surface area (Å²) in [6.45, 7) is 7.75. The summed E-state index contributed by atoms with van der Waals surface area (Å²) in [7, 11) is 0. The number of alkyl halides is 1. The van der Waals surface area contributed by atoms with Crippen LogP contribution in [0.25, 0.3) is 0 Å². The molecule has 2 heteroatoms. The van der Waals surface area contributed by atoms with E-state index in [4.69, 9.17) is 5.73 Å². The van der Waals surface area contributed by atoms with Crippen LogP contribution < -0.4 is 5.73 Å². The fourth-order valence-electron chi connectivity index (χ4n) is 0.714. The third-order valence-corrected chi connectivity index (χ3v) is 2.68. The lowest BCUT2D eigenvalue weighted by Crippen LogP contribution is -2.07. The van der Waals surface area contributed by atoms with E-state index < -0.39 is 0 Å². The molecule has 0 saturated carbocycles. The highest BCUT2D eigenvalue weighted by atomic mass is 79.9. The minimum atomic E-state index is 0.270. The van der Waals surface area contributed by atoms with Gasteiger partial charge in [0.1, 0.15) is 0 Å². The van der Waals surface area contributed by atoms with E-state index in [1.54, 1.807) is 0 Å². The van der Waals surface area contributed by atoms with E-state index in [2.05, 4.69) is 29.4 Å². The lowest BCUT2D eigenvalue weighted by Gasteiger charge is -2.09. The Balaban J connectivity index is 4.21. The number of halogens is 1. The summed E-state index contributed by atoms with van der Waals surface area (Å²) >= 11 is 3.51. The molecular weight excluding hydrogens is 214 g/mol. The van der Waals surface area contributed by atoms with E-state index in [0.717, 1.165) is 5.70 Å². The zero-order chi connectivity index (χ0) is 9.56. The third kappa shape index (κ3) is 4.39. The van der Waals surface area contributed by atoms with Gasteiger partial charge < -0.3 is 5.73 Å². The van der Waals surface area contributed by atoms with Crippen molar-refractivity contribution in [1.29, 1.82) is 0 Å². The summed E-state index contributed by atoms with van der Waals surface area (Å²) in [6, 6.07) is 0. The summed E-state index contributed by atoms with van der Waals surface area (Å²) in [6.07, 6.45) is 7.68. The van der Waals surface area contributed by atoms with Crippen molar-refractivity contribution in [1.82, 2.24) is 0 Å². The molecular formula is C10H16BrN. The zero-order valence-electron chi connectivity index (χ0n) is 7.63. The number of rotatable bonds is 4. The average molecular weight is 230 g/mol. The molecule has 12 heavy (non-hydrogen) atoms. The van der Waals surface area contributed by atoms with Crippen molar-refractivity contribution in [2.24, 2.45) is 11.7 Å². The van der Waals surface area contributed by atoms with Crippen molar-refractivity contribution < 1.29 is 0 Å². The van der Waals surface area contributed by atoms with E-state index in [1.165, 1.54) is 0 Å². The largest absolute Gasteiger partial charge is 0.399 e. The molecule has 0 rings (SSSR count). The van der Waals surface area contributed by atoms with Crippen molar-refractivity contribution in [3.05, 3.63) is 36.6 Å². The molecule has 1 nitrogen and oxygen atoms in total.